The minimum atomic E-state index is -0.883. The topological polar surface area (TPSA) is 98.4 Å². The van der Waals surface area contributed by atoms with Crippen molar-refractivity contribution in [1.29, 1.82) is 5.26 Å². The van der Waals surface area contributed by atoms with Crippen molar-refractivity contribution in [1.82, 2.24) is 14.9 Å². The maximum atomic E-state index is 12.8. The van der Waals surface area contributed by atoms with Crippen molar-refractivity contribution in [3.63, 3.8) is 0 Å². The lowest BCUT2D eigenvalue weighted by Crippen LogP contribution is -2.31. The molecule has 0 saturated heterocycles. The second-order valence-corrected chi connectivity index (χ2v) is 6.54. The van der Waals surface area contributed by atoms with E-state index < -0.39 is 6.04 Å². The molecule has 0 bridgehead atoms. The van der Waals surface area contributed by atoms with Gasteiger partial charge in [0.15, 0.2) is 11.5 Å². The third-order valence-electron chi connectivity index (χ3n) is 4.81. The maximum Gasteiger partial charge on any atom is 0.241 e. The van der Waals surface area contributed by atoms with Crippen LogP contribution in [-0.4, -0.2) is 36.8 Å². The average molecular weight is 408 g/mol. The van der Waals surface area contributed by atoms with Crippen LogP contribution < -0.4 is 19.5 Å². The lowest BCUT2D eigenvalue weighted by molar-refractivity contribution is -0.122. The molecule has 0 fully saturated rings. The van der Waals surface area contributed by atoms with Gasteiger partial charge in [-0.3, -0.25) is 4.79 Å². The Morgan fingerprint density at radius 2 is 1.83 bits per heavy atom. The Kier molecular flexibility index (Phi) is 6.42. The number of nitriles is 1. The average Bonchev–Trinajstić information content (AvgIpc) is 3.13. The lowest BCUT2D eigenvalue weighted by Gasteiger charge is -2.18. The molecule has 3 rings (SSSR count). The van der Waals surface area contributed by atoms with E-state index in [1.54, 1.807) is 12.1 Å². The molecule has 0 saturated carbocycles. The number of para-hydroxylation sites is 2. The molecule has 8 nitrogen and oxygen atoms in total. The maximum absolute atomic E-state index is 12.8. The zero-order chi connectivity index (χ0) is 21.7. The first-order valence-corrected chi connectivity index (χ1v) is 9.49. The van der Waals surface area contributed by atoms with Crippen molar-refractivity contribution in [3.8, 4) is 23.3 Å². The van der Waals surface area contributed by atoms with Gasteiger partial charge in [0.05, 0.1) is 38.4 Å². The number of imidazole rings is 1. The quantitative estimate of drug-likeness (QED) is 0.615. The summed E-state index contributed by atoms with van der Waals surface area (Å²) in [5.41, 5.74) is 2.25. The van der Waals surface area contributed by atoms with Gasteiger partial charge in [-0.15, -0.1) is 0 Å². The van der Waals surface area contributed by atoms with Crippen LogP contribution in [0.3, 0.4) is 0 Å². The summed E-state index contributed by atoms with van der Waals surface area (Å²) in [5.74, 6) is 1.76. The minimum Gasteiger partial charge on any atom is -0.493 e. The summed E-state index contributed by atoms with van der Waals surface area (Å²) in [6.45, 7) is 2.05. The molecule has 8 heteroatoms. The predicted molar refractivity (Wildman–Crippen MR) is 112 cm³/mol. The van der Waals surface area contributed by atoms with Gasteiger partial charge in [-0.25, -0.2) is 4.98 Å². The summed E-state index contributed by atoms with van der Waals surface area (Å²) in [7, 11) is 4.50. The standard InChI is InChI=1S/C22H24N4O4/c1-5-20-24-15-8-6-7-9-17(15)26(20)13-21(27)25-16(12-23)14-10-18(28-2)22(30-4)19(11-14)29-3/h6-11,16H,5,13H2,1-4H3,(H,25,27). The van der Waals surface area contributed by atoms with Crippen LogP contribution in [-0.2, 0) is 17.8 Å². The molecule has 0 spiro atoms. The van der Waals surface area contributed by atoms with Crippen molar-refractivity contribution in [2.24, 2.45) is 0 Å². The van der Waals surface area contributed by atoms with Crippen LogP contribution >= 0.6 is 0 Å². The fourth-order valence-electron chi connectivity index (χ4n) is 3.38. The van der Waals surface area contributed by atoms with E-state index in [1.807, 2.05) is 35.8 Å². The third-order valence-corrected chi connectivity index (χ3v) is 4.81. The van der Waals surface area contributed by atoms with Crippen molar-refractivity contribution in [3.05, 3.63) is 47.8 Å². The number of aryl methyl sites for hydroxylation is 1. The summed E-state index contributed by atoms with van der Waals surface area (Å²) in [6, 6.07) is 12.2. The zero-order valence-corrected chi connectivity index (χ0v) is 17.4. The molecule has 156 valence electrons. The number of nitrogens with one attached hydrogen (secondary N) is 1. The first kappa shape index (κ1) is 21.0. The number of carbonyl (C=O) groups excluding carboxylic acids is 1. The first-order chi connectivity index (χ1) is 14.6. The number of fused-ring (bicyclic) bond motifs is 1. The molecule has 1 N–H and O–H groups in total. The van der Waals surface area contributed by atoms with Crippen LogP contribution in [0.15, 0.2) is 36.4 Å². The minimum absolute atomic E-state index is 0.0618. The van der Waals surface area contributed by atoms with E-state index >= 15 is 0 Å². The number of rotatable bonds is 8. The Morgan fingerprint density at radius 3 is 2.40 bits per heavy atom. The van der Waals surface area contributed by atoms with Crippen LogP contribution in [0, 0.1) is 11.3 Å². The number of amides is 1. The van der Waals surface area contributed by atoms with E-state index in [-0.39, 0.29) is 12.5 Å². The molecule has 1 aromatic heterocycles. The lowest BCUT2D eigenvalue weighted by atomic mass is 10.1. The van der Waals surface area contributed by atoms with E-state index in [1.165, 1.54) is 21.3 Å². The highest BCUT2D eigenvalue weighted by molar-refractivity contribution is 5.81. The molecule has 1 unspecified atom stereocenters. The Labute approximate surface area is 175 Å². The van der Waals surface area contributed by atoms with Gasteiger partial charge in [-0.2, -0.15) is 5.26 Å². The Balaban J connectivity index is 1.87. The monoisotopic (exact) mass is 408 g/mol. The molecule has 0 radical (unpaired) electrons. The highest BCUT2D eigenvalue weighted by Gasteiger charge is 2.21. The molecule has 0 aliphatic heterocycles. The summed E-state index contributed by atoms with van der Waals surface area (Å²) >= 11 is 0. The van der Waals surface area contributed by atoms with E-state index in [0.29, 0.717) is 29.2 Å². The van der Waals surface area contributed by atoms with Gasteiger partial charge in [0, 0.05) is 6.42 Å². The number of ether oxygens (including phenoxy) is 3. The first-order valence-electron chi connectivity index (χ1n) is 9.49. The zero-order valence-electron chi connectivity index (χ0n) is 17.4. The molecule has 1 amide bonds. The third kappa shape index (κ3) is 4.01. The molecule has 2 aromatic carbocycles. The largest absolute Gasteiger partial charge is 0.493 e. The summed E-state index contributed by atoms with van der Waals surface area (Å²) in [6.07, 6.45) is 0.691. The normalized spacial score (nSPS) is 11.6. The van der Waals surface area contributed by atoms with E-state index in [2.05, 4.69) is 16.4 Å². The van der Waals surface area contributed by atoms with Crippen LogP contribution in [0.25, 0.3) is 11.0 Å². The molecular weight excluding hydrogens is 384 g/mol. The molecule has 30 heavy (non-hydrogen) atoms. The number of methoxy groups -OCH3 is 3. The summed E-state index contributed by atoms with van der Waals surface area (Å²) in [5, 5.41) is 12.5. The van der Waals surface area contributed by atoms with E-state index in [0.717, 1.165) is 16.9 Å². The van der Waals surface area contributed by atoms with Crippen LogP contribution in [0.5, 0.6) is 17.2 Å². The van der Waals surface area contributed by atoms with E-state index in [9.17, 15) is 10.1 Å². The molecular formula is C22H24N4O4. The number of hydrogen-bond donors (Lipinski definition) is 1. The second kappa shape index (κ2) is 9.18. The number of carbonyl (C=O) groups is 1. The van der Waals surface area contributed by atoms with Gasteiger partial charge in [-0.1, -0.05) is 19.1 Å². The van der Waals surface area contributed by atoms with Gasteiger partial charge in [0.25, 0.3) is 0 Å². The van der Waals surface area contributed by atoms with Crippen LogP contribution in [0.2, 0.25) is 0 Å². The van der Waals surface area contributed by atoms with Crippen LogP contribution in [0.1, 0.15) is 24.4 Å². The molecule has 0 aliphatic carbocycles. The Bertz CT molecular complexity index is 1080. The van der Waals surface area contributed by atoms with Gasteiger partial charge in [0.1, 0.15) is 18.4 Å². The molecule has 1 atom stereocenters. The van der Waals surface area contributed by atoms with Gasteiger partial charge < -0.3 is 24.1 Å². The molecule has 0 aliphatic rings. The number of hydrogen-bond acceptors (Lipinski definition) is 6. The van der Waals surface area contributed by atoms with Crippen molar-refractivity contribution in [2.45, 2.75) is 25.9 Å². The van der Waals surface area contributed by atoms with Crippen molar-refractivity contribution >= 4 is 16.9 Å². The molecule has 1 heterocycles. The van der Waals surface area contributed by atoms with E-state index in [4.69, 9.17) is 14.2 Å². The van der Waals surface area contributed by atoms with Gasteiger partial charge in [0.2, 0.25) is 11.7 Å². The summed E-state index contributed by atoms with van der Waals surface area (Å²) in [4.78, 5) is 17.4. The smallest absolute Gasteiger partial charge is 0.241 e. The number of nitrogens with zero attached hydrogens (tertiary/aromatic N) is 3. The highest BCUT2D eigenvalue weighted by atomic mass is 16.5. The fraction of sp³-hybridized carbons (Fsp3) is 0.318. The fourth-order valence-corrected chi connectivity index (χ4v) is 3.38. The predicted octanol–water partition coefficient (Wildman–Crippen LogP) is 3.01. The molecule has 3 aromatic rings. The Morgan fingerprint density at radius 1 is 1.17 bits per heavy atom. The van der Waals surface area contributed by atoms with Crippen molar-refractivity contribution in [2.75, 3.05) is 21.3 Å². The Hall–Kier alpha value is -3.73. The van der Waals surface area contributed by atoms with Gasteiger partial charge >= 0.3 is 0 Å². The SMILES string of the molecule is CCc1nc2ccccc2n1CC(=O)NC(C#N)c1cc(OC)c(OC)c(OC)c1. The summed E-state index contributed by atoms with van der Waals surface area (Å²) < 4.78 is 17.9. The van der Waals surface area contributed by atoms with Gasteiger partial charge in [-0.05, 0) is 29.8 Å². The van der Waals surface area contributed by atoms with Crippen molar-refractivity contribution < 1.29 is 19.0 Å². The highest BCUT2D eigenvalue weighted by Crippen LogP contribution is 2.39. The number of benzene rings is 2. The van der Waals surface area contributed by atoms with Crippen LogP contribution in [0.4, 0.5) is 0 Å². The second-order valence-electron chi connectivity index (χ2n) is 6.54. The number of aromatic nitrogens is 2.